The topological polar surface area (TPSA) is 55.8 Å². The molecule has 4 rings (SSSR count). The second kappa shape index (κ2) is 12.8. The van der Waals surface area contributed by atoms with Crippen molar-refractivity contribution in [3.05, 3.63) is 95.6 Å². The fourth-order valence-electron chi connectivity index (χ4n) is 6.17. The van der Waals surface area contributed by atoms with Crippen LogP contribution in [0.5, 0.6) is 11.5 Å². The SMILES string of the molecule is C#CCCCC(=O)C1C[C@H](O)C[C@H]1CCC(c1ccccc1)(c1ccc(OC)cc1)c1ccc(OC)cc1. The maximum Gasteiger partial charge on any atom is 0.136 e. The Morgan fingerprint density at radius 3 is 1.97 bits per heavy atom. The molecule has 0 bridgehead atoms. The third kappa shape index (κ3) is 5.95. The summed E-state index contributed by atoms with van der Waals surface area (Å²) in [6.07, 6.45) is 9.57. The molecule has 0 saturated heterocycles. The highest BCUT2D eigenvalue weighted by Crippen LogP contribution is 2.47. The molecule has 0 aromatic heterocycles. The molecule has 0 heterocycles. The minimum atomic E-state index is -0.454. The van der Waals surface area contributed by atoms with E-state index in [0.29, 0.717) is 32.1 Å². The van der Waals surface area contributed by atoms with Gasteiger partial charge in [0.2, 0.25) is 0 Å². The molecule has 3 aromatic carbocycles. The highest BCUT2D eigenvalue weighted by Gasteiger charge is 2.41. The molecule has 1 fully saturated rings. The number of methoxy groups -OCH3 is 2. The van der Waals surface area contributed by atoms with Gasteiger partial charge >= 0.3 is 0 Å². The lowest BCUT2D eigenvalue weighted by atomic mass is 9.65. The Hall–Kier alpha value is -3.55. The highest BCUT2D eigenvalue weighted by atomic mass is 16.5. The molecule has 3 aromatic rings. The van der Waals surface area contributed by atoms with Gasteiger partial charge in [0, 0.05) is 24.2 Å². The fraction of sp³-hybridized carbons (Fsp3) is 0.382. The maximum atomic E-state index is 13.1. The van der Waals surface area contributed by atoms with E-state index in [1.165, 1.54) is 5.56 Å². The van der Waals surface area contributed by atoms with Gasteiger partial charge in [0.1, 0.15) is 17.3 Å². The Morgan fingerprint density at radius 1 is 0.895 bits per heavy atom. The number of carbonyl (C=O) groups excluding carboxylic acids is 1. The van der Waals surface area contributed by atoms with Crippen LogP contribution in [0.3, 0.4) is 0 Å². The number of carbonyl (C=O) groups is 1. The smallest absolute Gasteiger partial charge is 0.136 e. The maximum absolute atomic E-state index is 13.1. The van der Waals surface area contributed by atoms with Crippen LogP contribution in [-0.4, -0.2) is 31.2 Å². The van der Waals surface area contributed by atoms with Gasteiger partial charge in [-0.1, -0.05) is 54.6 Å². The zero-order valence-corrected chi connectivity index (χ0v) is 22.4. The molecule has 198 valence electrons. The molecule has 4 heteroatoms. The first-order valence-corrected chi connectivity index (χ1v) is 13.5. The Morgan fingerprint density at radius 2 is 1.45 bits per heavy atom. The van der Waals surface area contributed by atoms with E-state index in [9.17, 15) is 9.90 Å². The average Bonchev–Trinajstić information content (AvgIpc) is 3.35. The van der Waals surface area contributed by atoms with Crippen LogP contribution >= 0.6 is 0 Å². The molecule has 1 N–H and O–H groups in total. The standard InChI is InChI=1S/C34H38O4/c1-4-5-7-12-33(36)32-24-29(35)23-25(32)21-22-34(26-10-8-6-9-11-26,27-13-17-30(37-2)18-14-27)28-15-19-31(38-3)20-16-28/h1,6,8-11,13-20,25,29,32,35H,5,7,12,21-24H2,2-3H3/t25-,29-,32?/m1/s1. The van der Waals surface area contributed by atoms with Crippen molar-refractivity contribution >= 4 is 5.78 Å². The lowest BCUT2D eigenvalue weighted by Crippen LogP contribution is -2.31. The van der Waals surface area contributed by atoms with Gasteiger partial charge < -0.3 is 14.6 Å². The summed E-state index contributed by atoms with van der Waals surface area (Å²) < 4.78 is 10.9. The Labute approximate surface area is 227 Å². The van der Waals surface area contributed by atoms with Crippen LogP contribution in [0, 0.1) is 24.2 Å². The van der Waals surface area contributed by atoms with Gasteiger partial charge in [-0.25, -0.2) is 0 Å². The number of terminal acetylenes is 1. The van der Waals surface area contributed by atoms with Crippen molar-refractivity contribution in [3.8, 4) is 23.8 Å². The number of unbranched alkanes of at least 4 members (excludes halogenated alkanes) is 1. The monoisotopic (exact) mass is 510 g/mol. The molecule has 1 aliphatic rings. The van der Waals surface area contributed by atoms with Gasteiger partial charge in [-0.15, -0.1) is 12.3 Å². The summed E-state index contributed by atoms with van der Waals surface area (Å²) in [5, 5.41) is 10.6. The molecule has 1 saturated carbocycles. The molecular weight excluding hydrogens is 472 g/mol. The zero-order chi connectivity index (χ0) is 27.0. The van der Waals surface area contributed by atoms with Crippen LogP contribution in [0.15, 0.2) is 78.9 Å². The average molecular weight is 511 g/mol. The minimum absolute atomic E-state index is 0.122. The number of benzene rings is 3. The second-order valence-electron chi connectivity index (χ2n) is 10.3. The molecule has 1 aliphatic carbocycles. The van der Waals surface area contributed by atoms with Gasteiger partial charge in [-0.05, 0) is 79.0 Å². The van der Waals surface area contributed by atoms with E-state index in [4.69, 9.17) is 15.9 Å². The van der Waals surface area contributed by atoms with Crippen LogP contribution in [0.2, 0.25) is 0 Å². The molecule has 38 heavy (non-hydrogen) atoms. The molecule has 3 atom stereocenters. The Bertz CT molecular complexity index is 1160. The summed E-state index contributed by atoms with van der Waals surface area (Å²) in [5.41, 5.74) is 3.05. The zero-order valence-electron chi connectivity index (χ0n) is 22.4. The normalized spacial score (nSPS) is 19.1. The first-order chi connectivity index (χ1) is 18.5. The van der Waals surface area contributed by atoms with Gasteiger partial charge in [0.05, 0.1) is 20.3 Å². The largest absolute Gasteiger partial charge is 0.497 e. The van der Waals surface area contributed by atoms with Gasteiger partial charge in [0.25, 0.3) is 0 Å². The van der Waals surface area contributed by atoms with E-state index in [0.717, 1.165) is 35.5 Å². The molecule has 0 radical (unpaired) electrons. The first kappa shape index (κ1) is 27.5. The van der Waals surface area contributed by atoms with Crippen LogP contribution in [0.1, 0.15) is 61.6 Å². The van der Waals surface area contributed by atoms with Crippen LogP contribution in [0.4, 0.5) is 0 Å². The molecule has 0 aliphatic heterocycles. The van der Waals surface area contributed by atoms with Crippen molar-refractivity contribution in [3.63, 3.8) is 0 Å². The van der Waals surface area contributed by atoms with Crippen LogP contribution in [-0.2, 0) is 10.2 Å². The van der Waals surface area contributed by atoms with Crippen LogP contribution < -0.4 is 9.47 Å². The van der Waals surface area contributed by atoms with Crippen LogP contribution in [0.25, 0.3) is 0 Å². The quantitative estimate of drug-likeness (QED) is 0.170. The minimum Gasteiger partial charge on any atom is -0.497 e. The number of rotatable bonds is 12. The molecule has 4 nitrogen and oxygen atoms in total. The number of hydrogen-bond acceptors (Lipinski definition) is 4. The molecule has 1 unspecified atom stereocenters. The third-order valence-corrected chi connectivity index (χ3v) is 8.15. The van der Waals surface area contributed by atoms with E-state index in [2.05, 4.69) is 54.5 Å². The molecular formula is C34H38O4. The highest BCUT2D eigenvalue weighted by molar-refractivity contribution is 5.81. The number of Topliss-reactive ketones (excluding diaryl/α,β-unsaturated/α-hetero) is 1. The number of aliphatic hydroxyl groups excluding tert-OH is 1. The van der Waals surface area contributed by atoms with Crippen molar-refractivity contribution in [2.45, 2.75) is 56.5 Å². The third-order valence-electron chi connectivity index (χ3n) is 8.15. The first-order valence-electron chi connectivity index (χ1n) is 13.5. The summed E-state index contributed by atoms with van der Waals surface area (Å²) in [5.74, 6) is 4.49. The van der Waals surface area contributed by atoms with Crippen molar-refractivity contribution in [2.24, 2.45) is 11.8 Å². The van der Waals surface area contributed by atoms with Crippen molar-refractivity contribution in [2.75, 3.05) is 14.2 Å². The van der Waals surface area contributed by atoms with E-state index in [1.807, 2.05) is 30.3 Å². The number of aliphatic hydroxyl groups is 1. The van der Waals surface area contributed by atoms with E-state index in [-0.39, 0.29) is 17.6 Å². The van der Waals surface area contributed by atoms with Crippen molar-refractivity contribution in [1.82, 2.24) is 0 Å². The van der Waals surface area contributed by atoms with Gasteiger partial charge in [-0.3, -0.25) is 4.79 Å². The van der Waals surface area contributed by atoms with Crippen molar-refractivity contribution in [1.29, 1.82) is 0 Å². The summed E-state index contributed by atoms with van der Waals surface area (Å²) in [6.45, 7) is 0. The lowest BCUT2D eigenvalue weighted by molar-refractivity contribution is -0.124. The Kier molecular flexibility index (Phi) is 9.26. The number of hydrogen-bond donors (Lipinski definition) is 1. The van der Waals surface area contributed by atoms with Gasteiger partial charge in [0.15, 0.2) is 0 Å². The van der Waals surface area contributed by atoms with Gasteiger partial charge in [-0.2, -0.15) is 0 Å². The fourth-order valence-corrected chi connectivity index (χ4v) is 6.17. The predicted molar refractivity (Wildman–Crippen MR) is 151 cm³/mol. The predicted octanol–water partition coefficient (Wildman–Crippen LogP) is 6.58. The second-order valence-corrected chi connectivity index (χ2v) is 10.3. The van der Waals surface area contributed by atoms with E-state index in [1.54, 1.807) is 14.2 Å². The summed E-state index contributed by atoms with van der Waals surface area (Å²) in [7, 11) is 3.35. The van der Waals surface area contributed by atoms with E-state index >= 15 is 0 Å². The summed E-state index contributed by atoms with van der Waals surface area (Å²) in [6, 6.07) is 27.1. The number of ketones is 1. The summed E-state index contributed by atoms with van der Waals surface area (Å²) >= 11 is 0. The van der Waals surface area contributed by atoms with Crippen molar-refractivity contribution < 1.29 is 19.4 Å². The van der Waals surface area contributed by atoms with E-state index < -0.39 is 11.5 Å². The molecule has 0 spiro atoms. The molecule has 0 amide bonds. The lowest BCUT2D eigenvalue weighted by Gasteiger charge is -2.37. The Balaban J connectivity index is 1.75. The summed E-state index contributed by atoms with van der Waals surface area (Å²) in [4.78, 5) is 13.1. The number of ether oxygens (including phenoxy) is 2.